The number of hydrogen-bond donors (Lipinski definition) is 2. The molecule has 31 heavy (non-hydrogen) atoms. The molecule has 3 N–H and O–H groups in total. The van der Waals surface area contributed by atoms with Crippen LogP contribution in [-0.2, 0) is 0 Å². The molecule has 0 saturated heterocycles. The van der Waals surface area contributed by atoms with Crippen LogP contribution in [0.15, 0.2) is 29.3 Å². The van der Waals surface area contributed by atoms with Gasteiger partial charge in [0, 0.05) is 31.3 Å². The van der Waals surface area contributed by atoms with E-state index in [0.717, 1.165) is 30.6 Å². The molecule has 3 aliphatic carbocycles. The minimum absolute atomic E-state index is 0.00403. The van der Waals surface area contributed by atoms with Crippen LogP contribution in [0.3, 0.4) is 0 Å². The van der Waals surface area contributed by atoms with Crippen molar-refractivity contribution in [2.24, 2.45) is 35.3 Å². The molecule has 0 spiro atoms. The van der Waals surface area contributed by atoms with Gasteiger partial charge in [-0.15, -0.1) is 0 Å². The van der Waals surface area contributed by atoms with Crippen LogP contribution in [0.4, 0.5) is 8.78 Å². The average molecular weight is 432 g/mol. The summed E-state index contributed by atoms with van der Waals surface area (Å²) in [5, 5.41) is 0.238. The van der Waals surface area contributed by atoms with Crippen LogP contribution in [0.5, 0.6) is 0 Å². The maximum atomic E-state index is 13.3. The van der Waals surface area contributed by atoms with Crippen LogP contribution in [0.1, 0.15) is 68.8 Å². The Bertz CT molecular complexity index is 984. The van der Waals surface area contributed by atoms with E-state index in [-0.39, 0.29) is 29.4 Å². The standard InChI is InChI=1S/C15H24F2.C9H7N3O2/c1-10-3-2-4-11(5-10)12-6-13-8-15(16,17)9-14(13)7-12;10-9(14)8-7-5(1-3-12-8)11-4-2-6(7)13/h10-14H,2-9H2,1H3;1-4H,(H2,10,14)(H,11,13)/t10-,11?,12?,13-,14+;/m0./s1. The third-order valence-corrected chi connectivity index (χ3v) is 7.55. The number of nitrogens with zero attached hydrogens (tertiary/aromatic N) is 1. The molecule has 2 aromatic rings. The zero-order valence-corrected chi connectivity index (χ0v) is 17.9. The molecular weight excluding hydrogens is 400 g/mol. The van der Waals surface area contributed by atoms with Crippen molar-refractivity contribution < 1.29 is 13.6 Å². The summed E-state index contributed by atoms with van der Waals surface area (Å²) in [5.41, 5.74) is 5.39. The smallest absolute Gasteiger partial charge is 0.268 e. The number of hydrogen-bond acceptors (Lipinski definition) is 3. The van der Waals surface area contributed by atoms with Crippen LogP contribution in [0.25, 0.3) is 10.9 Å². The SMILES string of the molecule is C[C@H]1CCCC(C2C[C@@H]3CC(F)(F)C[C@@H]3C2)C1.NC(=O)c1nccc2[nH]ccc(=O)c12. The van der Waals surface area contributed by atoms with E-state index in [1.54, 1.807) is 6.07 Å². The number of aromatic nitrogens is 2. The Balaban J connectivity index is 0.000000152. The largest absolute Gasteiger partial charge is 0.364 e. The van der Waals surface area contributed by atoms with E-state index in [1.807, 2.05) is 0 Å². The fourth-order valence-corrected chi connectivity index (χ4v) is 6.21. The van der Waals surface area contributed by atoms with Crippen molar-refractivity contribution in [1.82, 2.24) is 9.97 Å². The highest BCUT2D eigenvalue weighted by Crippen LogP contribution is 2.55. The molecule has 2 heterocycles. The number of nitrogens with one attached hydrogen (secondary N) is 1. The predicted octanol–water partition coefficient (Wildman–Crippen LogP) is 4.91. The average Bonchev–Trinajstić information content (AvgIpc) is 3.22. The molecule has 3 aliphatic rings. The molecule has 7 heteroatoms. The van der Waals surface area contributed by atoms with E-state index < -0.39 is 11.8 Å². The summed E-state index contributed by atoms with van der Waals surface area (Å²) >= 11 is 0. The zero-order chi connectivity index (χ0) is 22.2. The van der Waals surface area contributed by atoms with Gasteiger partial charge in [-0.2, -0.15) is 0 Å². The number of pyridine rings is 2. The Kier molecular flexibility index (Phi) is 6.13. The molecule has 5 rings (SSSR count). The fraction of sp³-hybridized carbons (Fsp3) is 0.625. The number of rotatable bonds is 2. The Labute approximate surface area is 180 Å². The van der Waals surface area contributed by atoms with Crippen LogP contribution < -0.4 is 11.2 Å². The molecule has 5 atom stereocenters. The van der Waals surface area contributed by atoms with Gasteiger partial charge >= 0.3 is 0 Å². The van der Waals surface area contributed by atoms with Gasteiger partial charge in [-0.05, 0) is 54.9 Å². The van der Waals surface area contributed by atoms with Gasteiger partial charge in [0.25, 0.3) is 5.91 Å². The lowest BCUT2D eigenvalue weighted by Gasteiger charge is -2.32. The van der Waals surface area contributed by atoms with Crippen molar-refractivity contribution in [1.29, 1.82) is 0 Å². The van der Waals surface area contributed by atoms with E-state index in [4.69, 9.17) is 5.73 Å². The highest BCUT2D eigenvalue weighted by Gasteiger charge is 2.51. The predicted molar refractivity (Wildman–Crippen MR) is 116 cm³/mol. The first-order valence-electron chi connectivity index (χ1n) is 11.4. The minimum atomic E-state index is -2.33. The van der Waals surface area contributed by atoms with Gasteiger partial charge in [0.15, 0.2) is 5.43 Å². The number of halogens is 2. The first kappa shape index (κ1) is 21.9. The number of aromatic amines is 1. The van der Waals surface area contributed by atoms with Crippen LogP contribution in [0.2, 0.25) is 0 Å². The molecule has 0 bridgehead atoms. The molecule has 0 aromatic carbocycles. The number of H-pyrrole nitrogens is 1. The highest BCUT2D eigenvalue weighted by atomic mass is 19.3. The number of alkyl halides is 2. The highest BCUT2D eigenvalue weighted by molar-refractivity contribution is 6.03. The minimum Gasteiger partial charge on any atom is -0.364 e. The van der Waals surface area contributed by atoms with Crippen molar-refractivity contribution >= 4 is 16.8 Å². The molecule has 5 nitrogen and oxygen atoms in total. The topological polar surface area (TPSA) is 88.8 Å². The third kappa shape index (κ3) is 4.80. The number of primary amides is 1. The number of nitrogens with two attached hydrogens (primary N) is 1. The summed E-state index contributed by atoms with van der Waals surface area (Å²) in [6.45, 7) is 2.36. The number of carbonyl (C=O) groups excluding carboxylic acids is 1. The van der Waals surface area contributed by atoms with Gasteiger partial charge in [-0.25, -0.2) is 8.78 Å². The van der Waals surface area contributed by atoms with E-state index in [9.17, 15) is 18.4 Å². The van der Waals surface area contributed by atoms with E-state index in [1.165, 1.54) is 44.1 Å². The fourth-order valence-electron chi connectivity index (χ4n) is 6.21. The molecule has 2 unspecified atom stereocenters. The Morgan fingerprint density at radius 3 is 2.45 bits per heavy atom. The van der Waals surface area contributed by atoms with Gasteiger partial charge in [0.2, 0.25) is 5.92 Å². The summed E-state index contributed by atoms with van der Waals surface area (Å²) in [6, 6.07) is 2.94. The van der Waals surface area contributed by atoms with Gasteiger partial charge in [-0.3, -0.25) is 14.6 Å². The van der Waals surface area contributed by atoms with E-state index in [0.29, 0.717) is 17.4 Å². The second-order valence-electron chi connectivity index (χ2n) is 9.84. The molecule has 0 radical (unpaired) electrons. The van der Waals surface area contributed by atoms with Gasteiger partial charge in [-0.1, -0.05) is 26.2 Å². The molecule has 3 fully saturated rings. The lowest BCUT2D eigenvalue weighted by molar-refractivity contribution is -0.00267. The van der Waals surface area contributed by atoms with Crippen molar-refractivity contribution in [3.8, 4) is 0 Å². The molecule has 2 aromatic heterocycles. The Hall–Kier alpha value is -2.31. The zero-order valence-electron chi connectivity index (χ0n) is 17.9. The van der Waals surface area contributed by atoms with Crippen LogP contribution >= 0.6 is 0 Å². The first-order valence-corrected chi connectivity index (χ1v) is 11.4. The lowest BCUT2D eigenvalue weighted by atomic mass is 9.74. The lowest BCUT2D eigenvalue weighted by Crippen LogP contribution is -2.21. The first-order chi connectivity index (χ1) is 14.7. The van der Waals surface area contributed by atoms with Gasteiger partial charge in [0.05, 0.1) is 10.9 Å². The van der Waals surface area contributed by atoms with Crippen molar-refractivity contribution in [3.05, 3.63) is 40.4 Å². The van der Waals surface area contributed by atoms with Gasteiger partial charge in [0.1, 0.15) is 5.69 Å². The molecule has 168 valence electrons. The number of amides is 1. The molecular formula is C24H31F2N3O2. The van der Waals surface area contributed by atoms with Crippen LogP contribution in [-0.4, -0.2) is 21.8 Å². The molecule has 3 saturated carbocycles. The third-order valence-electron chi connectivity index (χ3n) is 7.55. The number of carbonyl (C=O) groups is 1. The summed E-state index contributed by atoms with van der Waals surface area (Å²) < 4.78 is 26.6. The van der Waals surface area contributed by atoms with Gasteiger partial charge < -0.3 is 10.7 Å². The molecule has 0 aliphatic heterocycles. The van der Waals surface area contributed by atoms with Crippen LogP contribution in [0, 0.1) is 29.6 Å². The second-order valence-corrected chi connectivity index (χ2v) is 9.84. The maximum absolute atomic E-state index is 13.3. The summed E-state index contributed by atoms with van der Waals surface area (Å²) in [5.74, 6) is 0.185. The van der Waals surface area contributed by atoms with Crippen molar-refractivity contribution in [2.45, 2.75) is 64.2 Å². The van der Waals surface area contributed by atoms with Crippen molar-refractivity contribution in [2.75, 3.05) is 0 Å². The van der Waals surface area contributed by atoms with E-state index in [2.05, 4.69) is 16.9 Å². The summed E-state index contributed by atoms with van der Waals surface area (Å²) in [4.78, 5) is 29.0. The monoisotopic (exact) mass is 431 g/mol. The molecule has 1 amide bonds. The maximum Gasteiger partial charge on any atom is 0.268 e. The normalized spacial score (nSPS) is 31.6. The van der Waals surface area contributed by atoms with Crippen molar-refractivity contribution in [3.63, 3.8) is 0 Å². The summed E-state index contributed by atoms with van der Waals surface area (Å²) in [7, 11) is 0. The summed E-state index contributed by atoms with van der Waals surface area (Å²) in [6.07, 6.45) is 11.0. The number of fused-ring (bicyclic) bond motifs is 2. The van der Waals surface area contributed by atoms with E-state index >= 15 is 0 Å². The Morgan fingerprint density at radius 1 is 1.10 bits per heavy atom. The second kappa shape index (κ2) is 8.67. The Morgan fingerprint density at radius 2 is 1.81 bits per heavy atom. The quantitative estimate of drug-likeness (QED) is 0.708.